The summed E-state index contributed by atoms with van der Waals surface area (Å²) in [5.74, 6) is -0.734. The Morgan fingerprint density at radius 3 is 2.82 bits per heavy atom. The number of fused-ring (bicyclic) bond motifs is 2. The molecule has 1 saturated heterocycles. The summed E-state index contributed by atoms with van der Waals surface area (Å²) in [6, 6.07) is 1.73. The van der Waals surface area contributed by atoms with Gasteiger partial charge < -0.3 is 25.6 Å². The van der Waals surface area contributed by atoms with Crippen LogP contribution in [-0.2, 0) is 15.1 Å². The molecule has 2 fully saturated rings. The Balaban J connectivity index is 1.34. The van der Waals surface area contributed by atoms with E-state index >= 15 is 0 Å². The number of nitrogens with zero attached hydrogens (tertiary/aromatic N) is 5. The minimum absolute atomic E-state index is 0.00991. The number of aliphatic hydroxyl groups excluding tert-OH is 1. The fraction of sp³-hybridized carbons (Fsp3) is 0.462. The first kappa shape index (κ1) is 25.7. The van der Waals surface area contributed by atoms with Gasteiger partial charge >= 0.3 is 0 Å². The number of aromatic nitrogens is 4. The molecule has 0 radical (unpaired) electrons. The van der Waals surface area contributed by atoms with Crippen molar-refractivity contribution in [3.05, 3.63) is 42.0 Å². The molecule has 0 spiro atoms. The average molecular weight is 521 g/mol. The molecule has 5 rings (SSSR count). The number of hydrogen-bond donors (Lipinski definition) is 4. The quantitative estimate of drug-likeness (QED) is 0.335. The smallest absolute Gasteiger partial charge is 0.244 e. The maximum atomic E-state index is 13.5. The summed E-state index contributed by atoms with van der Waals surface area (Å²) in [4.78, 5) is 53.2. The molecule has 12 nitrogen and oxygen atoms in total. The molecule has 5 N–H and O–H groups in total. The van der Waals surface area contributed by atoms with E-state index in [9.17, 15) is 19.5 Å². The van der Waals surface area contributed by atoms with Gasteiger partial charge in [-0.1, -0.05) is 12.8 Å². The number of nitrogen functional groups attached to an aromatic ring is 1. The lowest BCUT2D eigenvalue weighted by atomic mass is 9.82. The van der Waals surface area contributed by atoms with Gasteiger partial charge in [0.2, 0.25) is 17.8 Å². The van der Waals surface area contributed by atoms with Crippen LogP contribution in [0.2, 0.25) is 0 Å². The third kappa shape index (κ3) is 4.84. The summed E-state index contributed by atoms with van der Waals surface area (Å²) < 4.78 is 1.70. The number of amides is 2. The maximum absolute atomic E-state index is 13.5. The Labute approximate surface area is 219 Å². The minimum atomic E-state index is -0.746. The summed E-state index contributed by atoms with van der Waals surface area (Å²) in [6.07, 6.45) is 9.93. The van der Waals surface area contributed by atoms with Crippen molar-refractivity contribution in [2.75, 3.05) is 30.9 Å². The molecule has 0 bridgehead atoms. The van der Waals surface area contributed by atoms with Crippen molar-refractivity contribution in [2.24, 2.45) is 5.92 Å². The molecule has 12 heteroatoms. The number of aliphatic hydroxyl groups is 1. The zero-order valence-electron chi connectivity index (χ0n) is 21.5. The maximum Gasteiger partial charge on any atom is 0.244 e. The van der Waals surface area contributed by atoms with Gasteiger partial charge in [0.15, 0.2) is 5.78 Å². The number of carbonyl (C=O) groups is 3. The summed E-state index contributed by atoms with van der Waals surface area (Å²) in [5, 5.41) is 16.5. The van der Waals surface area contributed by atoms with Crippen LogP contribution in [0.4, 0.5) is 11.6 Å². The van der Waals surface area contributed by atoms with Crippen LogP contribution in [0.25, 0.3) is 11.0 Å². The van der Waals surface area contributed by atoms with E-state index in [0.29, 0.717) is 29.0 Å². The molecule has 2 atom stereocenters. The van der Waals surface area contributed by atoms with Crippen molar-refractivity contribution in [1.29, 1.82) is 0 Å². The van der Waals surface area contributed by atoms with Gasteiger partial charge in [-0.2, -0.15) is 4.98 Å². The third-order valence-corrected chi connectivity index (χ3v) is 7.41. The lowest BCUT2D eigenvalue weighted by Gasteiger charge is -2.40. The van der Waals surface area contributed by atoms with Crippen LogP contribution >= 0.6 is 0 Å². The molecule has 0 aromatic carbocycles. The highest BCUT2D eigenvalue weighted by molar-refractivity contribution is 6.16. The Hall–Kier alpha value is -3.90. The van der Waals surface area contributed by atoms with E-state index < -0.39 is 5.54 Å². The van der Waals surface area contributed by atoms with Crippen LogP contribution in [0.5, 0.6) is 0 Å². The van der Waals surface area contributed by atoms with Crippen LogP contribution < -0.4 is 16.4 Å². The van der Waals surface area contributed by atoms with Gasteiger partial charge in [0.1, 0.15) is 12.2 Å². The van der Waals surface area contributed by atoms with E-state index in [1.54, 1.807) is 16.8 Å². The predicted molar refractivity (Wildman–Crippen MR) is 140 cm³/mol. The molecule has 1 aliphatic heterocycles. The number of carbonyl (C=O) groups excluding carboxylic acids is 3. The summed E-state index contributed by atoms with van der Waals surface area (Å²) in [5.41, 5.74) is 6.38. The van der Waals surface area contributed by atoms with E-state index in [0.717, 1.165) is 25.7 Å². The van der Waals surface area contributed by atoms with Gasteiger partial charge in [0, 0.05) is 35.6 Å². The van der Waals surface area contributed by atoms with Gasteiger partial charge in [-0.25, -0.2) is 4.98 Å². The second kappa shape index (κ2) is 10.1. The second-order valence-electron chi connectivity index (χ2n) is 10.6. The minimum Gasteiger partial charge on any atom is -0.394 e. The molecular formula is C26H32N8O4. The number of rotatable bonds is 7. The highest BCUT2D eigenvalue weighted by atomic mass is 16.3. The lowest BCUT2D eigenvalue weighted by Crippen LogP contribution is -2.59. The monoisotopic (exact) mass is 520 g/mol. The fourth-order valence-electron chi connectivity index (χ4n) is 5.24. The number of nitrogens with one attached hydrogen (secondary N) is 2. The Morgan fingerprint density at radius 1 is 1.24 bits per heavy atom. The number of pyridine rings is 1. The molecule has 1 saturated carbocycles. The first-order chi connectivity index (χ1) is 18.2. The lowest BCUT2D eigenvalue weighted by molar-refractivity contribution is -0.144. The molecular weight excluding hydrogens is 488 g/mol. The molecule has 4 heterocycles. The molecule has 200 valence electrons. The van der Waals surface area contributed by atoms with Crippen molar-refractivity contribution < 1.29 is 19.5 Å². The highest BCUT2D eigenvalue weighted by Crippen LogP contribution is 2.30. The van der Waals surface area contributed by atoms with Gasteiger partial charge in [0.25, 0.3) is 0 Å². The first-order valence-corrected chi connectivity index (χ1v) is 12.7. The topological polar surface area (TPSA) is 168 Å². The molecule has 2 aliphatic rings. The molecule has 38 heavy (non-hydrogen) atoms. The van der Waals surface area contributed by atoms with Gasteiger partial charge in [-0.15, -0.1) is 0 Å². The van der Waals surface area contributed by atoms with E-state index in [4.69, 9.17) is 5.73 Å². The highest BCUT2D eigenvalue weighted by Gasteiger charge is 2.38. The van der Waals surface area contributed by atoms with E-state index in [1.165, 1.54) is 23.5 Å². The van der Waals surface area contributed by atoms with Crippen LogP contribution in [-0.4, -0.2) is 73.0 Å². The molecule has 2 unspecified atom stereocenters. The summed E-state index contributed by atoms with van der Waals surface area (Å²) >= 11 is 0. The first-order valence-electron chi connectivity index (χ1n) is 12.7. The molecule has 3 aromatic rings. The number of hydrogen-bond acceptors (Lipinski definition) is 9. The normalized spacial score (nSPS) is 19.9. The zero-order valence-corrected chi connectivity index (χ0v) is 21.5. The zero-order chi connectivity index (χ0) is 27.0. The molecule has 3 aromatic heterocycles. The second-order valence-corrected chi connectivity index (χ2v) is 10.6. The number of anilines is 2. The van der Waals surface area contributed by atoms with Crippen LogP contribution in [0.1, 0.15) is 55.5 Å². The van der Waals surface area contributed by atoms with Gasteiger partial charge in [-0.3, -0.25) is 24.7 Å². The van der Waals surface area contributed by atoms with Crippen molar-refractivity contribution in [2.45, 2.75) is 51.1 Å². The Morgan fingerprint density at radius 2 is 2.03 bits per heavy atom. The largest absolute Gasteiger partial charge is 0.394 e. The van der Waals surface area contributed by atoms with Crippen molar-refractivity contribution >= 4 is 40.3 Å². The van der Waals surface area contributed by atoms with Crippen LogP contribution in [0, 0.1) is 5.92 Å². The number of ketones is 1. The average Bonchev–Trinajstić information content (AvgIpc) is 3.29. The Bertz CT molecular complexity index is 1400. The standard InChI is InChI=1S/C26H32N8O4/c1-26(2,13-35)34-11-19(18-10-29-25(27)32-23(18)34)22(37)15-7-16(9-28-8-15)31-21(36)12-33-14-30-20-6-4-3-5-17(20)24(33)38/h7-11,17,20,30,35H,3-6,12-14H2,1-2H3,(H,31,36)(H2,27,29,32). The van der Waals surface area contributed by atoms with E-state index in [1.807, 2.05) is 13.8 Å². The molecule has 2 amide bonds. The third-order valence-electron chi connectivity index (χ3n) is 7.41. The predicted octanol–water partition coefficient (Wildman–Crippen LogP) is 1.25. The van der Waals surface area contributed by atoms with Crippen molar-refractivity contribution in [1.82, 2.24) is 29.7 Å². The van der Waals surface area contributed by atoms with Crippen LogP contribution in [0.15, 0.2) is 30.9 Å². The molecule has 1 aliphatic carbocycles. The Kier molecular flexibility index (Phi) is 6.84. The van der Waals surface area contributed by atoms with E-state index in [2.05, 4.69) is 25.6 Å². The van der Waals surface area contributed by atoms with Crippen molar-refractivity contribution in [3.63, 3.8) is 0 Å². The van der Waals surface area contributed by atoms with E-state index in [-0.39, 0.29) is 54.2 Å². The number of nitrogens with two attached hydrogens (primary N) is 1. The van der Waals surface area contributed by atoms with Crippen LogP contribution in [0.3, 0.4) is 0 Å². The van der Waals surface area contributed by atoms with Crippen molar-refractivity contribution in [3.8, 4) is 0 Å². The fourth-order valence-corrected chi connectivity index (χ4v) is 5.24. The summed E-state index contributed by atoms with van der Waals surface area (Å²) in [7, 11) is 0. The SMILES string of the molecule is CC(C)(CO)n1cc(C(=O)c2cncc(NC(=O)CN3CNC4CCCCC4C3=O)c2)c2cnc(N)nc21. The van der Waals surface area contributed by atoms with Gasteiger partial charge in [0.05, 0.1) is 42.2 Å². The van der Waals surface area contributed by atoms with Gasteiger partial charge in [-0.05, 0) is 32.8 Å². The summed E-state index contributed by atoms with van der Waals surface area (Å²) in [6.45, 7) is 3.69.